The molecular weight excluding hydrogens is 338 g/mol. The lowest BCUT2D eigenvalue weighted by molar-refractivity contribution is 0.0256. The van der Waals surface area contributed by atoms with Crippen molar-refractivity contribution in [2.24, 2.45) is 0 Å². The fraction of sp³-hybridized carbons (Fsp3) is 0.389. The first-order valence-corrected chi connectivity index (χ1v) is 9.10. The van der Waals surface area contributed by atoms with Gasteiger partial charge in [-0.15, -0.1) is 0 Å². The van der Waals surface area contributed by atoms with E-state index in [0.29, 0.717) is 11.7 Å². The summed E-state index contributed by atoms with van der Waals surface area (Å²) in [5.74, 6) is 1.93. The number of benzene rings is 1. The smallest absolute Gasteiger partial charge is 0.258 e. The Labute approximate surface area is 150 Å². The highest BCUT2D eigenvalue weighted by Gasteiger charge is 2.18. The first-order valence-electron chi connectivity index (χ1n) is 8.32. The number of rotatable bonds is 4. The van der Waals surface area contributed by atoms with Crippen LogP contribution in [-0.2, 0) is 4.74 Å². The van der Waals surface area contributed by atoms with Crippen LogP contribution in [0.4, 0.5) is 0 Å². The number of hydrogen-bond donors (Lipinski definition) is 0. The molecule has 1 aliphatic rings. The van der Waals surface area contributed by atoms with Gasteiger partial charge in [0.15, 0.2) is 0 Å². The summed E-state index contributed by atoms with van der Waals surface area (Å²) in [5.41, 5.74) is 2.76. The summed E-state index contributed by atoms with van der Waals surface area (Å²) in [7, 11) is 0. The van der Waals surface area contributed by atoms with Crippen molar-refractivity contribution in [3.05, 3.63) is 34.8 Å². The summed E-state index contributed by atoms with van der Waals surface area (Å²) in [4.78, 5) is 5.61. The van der Waals surface area contributed by atoms with E-state index in [0.717, 1.165) is 53.5 Å². The average molecular weight is 357 g/mol. The van der Waals surface area contributed by atoms with Gasteiger partial charge in [0.05, 0.1) is 24.5 Å². The molecule has 1 saturated heterocycles. The Hall–Kier alpha value is -2.25. The maximum Gasteiger partial charge on any atom is 0.258 e. The molecule has 0 aliphatic carbocycles. The fourth-order valence-electron chi connectivity index (χ4n) is 2.91. The minimum Gasteiger partial charge on any atom is -0.490 e. The zero-order valence-electron chi connectivity index (χ0n) is 14.2. The molecule has 0 saturated carbocycles. The lowest BCUT2D eigenvalue weighted by atomic mass is 10.1. The van der Waals surface area contributed by atoms with E-state index in [1.807, 2.05) is 38.1 Å². The van der Waals surface area contributed by atoms with Crippen LogP contribution in [0.3, 0.4) is 0 Å². The molecule has 3 aromatic rings. The molecule has 1 fully saturated rings. The first kappa shape index (κ1) is 16.2. The molecule has 0 bridgehead atoms. The molecule has 0 spiro atoms. The second-order valence-electron chi connectivity index (χ2n) is 6.08. The molecule has 2 aromatic heterocycles. The van der Waals surface area contributed by atoms with E-state index in [2.05, 4.69) is 14.5 Å². The highest BCUT2D eigenvalue weighted by molar-refractivity contribution is 7.06. The van der Waals surface area contributed by atoms with Crippen LogP contribution in [0.2, 0.25) is 0 Å². The van der Waals surface area contributed by atoms with Gasteiger partial charge in [-0.2, -0.15) is 9.36 Å². The molecule has 0 radical (unpaired) electrons. The summed E-state index contributed by atoms with van der Waals surface area (Å²) in [5, 5.41) is 4.11. The summed E-state index contributed by atoms with van der Waals surface area (Å²) >= 11 is 1.45. The normalized spacial score (nSPS) is 15.4. The third-order valence-electron chi connectivity index (χ3n) is 4.26. The minimum atomic E-state index is 0.228. The van der Waals surface area contributed by atoms with Crippen LogP contribution in [0.15, 0.2) is 28.8 Å². The Bertz CT molecular complexity index is 831. The zero-order valence-corrected chi connectivity index (χ0v) is 15.0. The Balaban J connectivity index is 1.51. The van der Waals surface area contributed by atoms with Crippen molar-refractivity contribution in [3.63, 3.8) is 0 Å². The van der Waals surface area contributed by atoms with Crippen LogP contribution >= 0.6 is 11.5 Å². The molecule has 0 amide bonds. The van der Waals surface area contributed by atoms with E-state index >= 15 is 0 Å². The summed E-state index contributed by atoms with van der Waals surface area (Å²) in [6.45, 7) is 5.50. The van der Waals surface area contributed by atoms with Gasteiger partial charge in [-0.1, -0.05) is 5.16 Å². The molecule has 7 heteroatoms. The molecule has 4 rings (SSSR count). The first-order chi connectivity index (χ1) is 12.2. The van der Waals surface area contributed by atoms with Crippen LogP contribution in [0, 0.1) is 13.8 Å². The topological polar surface area (TPSA) is 70.3 Å². The SMILES string of the molecule is Cc1nsc(C)c1-c1noc(-c2ccc(OC3CCOCC3)cc2)n1. The van der Waals surface area contributed by atoms with Crippen LogP contribution in [0.25, 0.3) is 22.8 Å². The minimum absolute atomic E-state index is 0.228. The number of ether oxygens (including phenoxy) is 2. The predicted molar refractivity (Wildman–Crippen MR) is 94.8 cm³/mol. The van der Waals surface area contributed by atoms with Gasteiger partial charge >= 0.3 is 0 Å². The van der Waals surface area contributed by atoms with E-state index < -0.39 is 0 Å². The molecule has 6 nitrogen and oxygen atoms in total. The van der Waals surface area contributed by atoms with Gasteiger partial charge in [0.2, 0.25) is 5.82 Å². The Morgan fingerprint density at radius 1 is 1.12 bits per heavy atom. The second-order valence-corrected chi connectivity index (χ2v) is 7.05. The van der Waals surface area contributed by atoms with E-state index in [4.69, 9.17) is 14.0 Å². The largest absolute Gasteiger partial charge is 0.490 e. The van der Waals surface area contributed by atoms with Crippen molar-refractivity contribution in [1.82, 2.24) is 14.5 Å². The third-order valence-corrected chi connectivity index (χ3v) is 5.10. The molecule has 1 aromatic carbocycles. The van der Waals surface area contributed by atoms with Crippen molar-refractivity contribution in [3.8, 4) is 28.6 Å². The third kappa shape index (κ3) is 3.43. The van der Waals surface area contributed by atoms with E-state index in [1.54, 1.807) is 0 Å². The molecule has 130 valence electrons. The molecular formula is C18H19N3O3S. The van der Waals surface area contributed by atoms with Gasteiger partial charge in [0.25, 0.3) is 5.89 Å². The molecule has 0 unspecified atom stereocenters. The van der Waals surface area contributed by atoms with E-state index in [-0.39, 0.29) is 6.10 Å². The van der Waals surface area contributed by atoms with Gasteiger partial charge in [-0.25, -0.2) is 0 Å². The van der Waals surface area contributed by atoms with Crippen molar-refractivity contribution >= 4 is 11.5 Å². The van der Waals surface area contributed by atoms with Gasteiger partial charge < -0.3 is 14.0 Å². The number of aryl methyl sites for hydroxylation is 2. The van der Waals surface area contributed by atoms with Crippen molar-refractivity contribution in [2.45, 2.75) is 32.8 Å². The molecule has 0 atom stereocenters. The maximum atomic E-state index is 5.99. The molecule has 1 aliphatic heterocycles. The van der Waals surface area contributed by atoms with E-state index in [1.165, 1.54) is 11.5 Å². The molecule has 0 N–H and O–H groups in total. The van der Waals surface area contributed by atoms with E-state index in [9.17, 15) is 0 Å². The average Bonchev–Trinajstić information content (AvgIpc) is 3.23. The number of hydrogen-bond acceptors (Lipinski definition) is 7. The van der Waals surface area contributed by atoms with Crippen molar-refractivity contribution in [1.29, 1.82) is 0 Å². The van der Waals surface area contributed by atoms with Crippen LogP contribution in [-0.4, -0.2) is 33.8 Å². The maximum absolute atomic E-state index is 5.99. The number of nitrogens with zero attached hydrogens (tertiary/aromatic N) is 3. The zero-order chi connectivity index (χ0) is 17.2. The summed E-state index contributed by atoms with van der Waals surface area (Å²) in [6, 6.07) is 7.77. The van der Waals surface area contributed by atoms with Gasteiger partial charge in [-0.3, -0.25) is 0 Å². The monoisotopic (exact) mass is 357 g/mol. The van der Waals surface area contributed by atoms with Gasteiger partial charge in [-0.05, 0) is 49.6 Å². The Morgan fingerprint density at radius 3 is 2.56 bits per heavy atom. The highest BCUT2D eigenvalue weighted by atomic mass is 32.1. The second kappa shape index (κ2) is 6.93. The van der Waals surface area contributed by atoms with Crippen LogP contribution in [0.5, 0.6) is 5.75 Å². The highest BCUT2D eigenvalue weighted by Crippen LogP contribution is 2.30. The summed E-state index contributed by atoms with van der Waals surface area (Å²) < 4.78 is 21.1. The Morgan fingerprint density at radius 2 is 1.88 bits per heavy atom. The van der Waals surface area contributed by atoms with Gasteiger partial charge in [0.1, 0.15) is 11.9 Å². The molecule has 25 heavy (non-hydrogen) atoms. The lowest BCUT2D eigenvalue weighted by Gasteiger charge is -2.23. The summed E-state index contributed by atoms with van der Waals surface area (Å²) in [6.07, 6.45) is 2.09. The van der Waals surface area contributed by atoms with Crippen molar-refractivity contribution in [2.75, 3.05) is 13.2 Å². The van der Waals surface area contributed by atoms with Crippen LogP contribution < -0.4 is 4.74 Å². The quantitative estimate of drug-likeness (QED) is 0.702. The van der Waals surface area contributed by atoms with Crippen LogP contribution in [0.1, 0.15) is 23.4 Å². The standard InChI is InChI=1S/C18H19N3O3S/c1-11-16(12(2)25-21-11)17-19-18(24-20-17)13-3-5-14(6-4-13)23-15-7-9-22-10-8-15/h3-6,15H,7-10H2,1-2H3. The fourth-order valence-corrected chi connectivity index (χ4v) is 3.60. The van der Waals surface area contributed by atoms with Gasteiger partial charge in [0, 0.05) is 23.3 Å². The van der Waals surface area contributed by atoms with Crippen molar-refractivity contribution < 1.29 is 14.0 Å². The predicted octanol–water partition coefficient (Wildman–Crippen LogP) is 4.03. The number of aromatic nitrogens is 3. The Kier molecular flexibility index (Phi) is 4.50. The lowest BCUT2D eigenvalue weighted by Crippen LogP contribution is -2.25. The molecule has 3 heterocycles.